The van der Waals surface area contributed by atoms with Gasteiger partial charge in [-0.05, 0) is 52.9 Å². The number of benzene rings is 1. The van der Waals surface area contributed by atoms with Crippen LogP contribution in [-0.4, -0.2) is 31.3 Å². The Balaban J connectivity index is 1.54. The lowest BCUT2D eigenvalue weighted by atomic mass is 9.96. The van der Waals surface area contributed by atoms with Crippen molar-refractivity contribution >= 4 is 21.9 Å². The van der Waals surface area contributed by atoms with Gasteiger partial charge in [-0.15, -0.1) is 0 Å². The van der Waals surface area contributed by atoms with Gasteiger partial charge in [0.25, 0.3) is 0 Å². The molecule has 2 aliphatic heterocycles. The van der Waals surface area contributed by atoms with Gasteiger partial charge in [0, 0.05) is 13.6 Å². The van der Waals surface area contributed by atoms with Crippen molar-refractivity contribution in [3.05, 3.63) is 34.1 Å². The molecule has 1 aromatic carbocycles. The molecule has 0 radical (unpaired) electrons. The molecule has 2 bridgehead atoms. The molecule has 2 saturated heterocycles. The Morgan fingerprint density at radius 3 is 2.95 bits per heavy atom. The van der Waals surface area contributed by atoms with Gasteiger partial charge < -0.3 is 15.4 Å². The lowest BCUT2D eigenvalue weighted by molar-refractivity contribution is 0.0992. The summed E-state index contributed by atoms with van der Waals surface area (Å²) < 4.78 is 19.8. The topological polar surface area (TPSA) is 45.7 Å². The molecule has 0 spiro atoms. The average molecular weight is 356 g/mol. The number of ether oxygens (including phenoxy) is 1. The van der Waals surface area contributed by atoms with Gasteiger partial charge in [0.05, 0.1) is 22.7 Å². The maximum Gasteiger partial charge on any atom is 0.191 e. The molecular weight excluding hydrogens is 337 g/mol. The van der Waals surface area contributed by atoms with E-state index in [1.807, 2.05) is 6.07 Å². The van der Waals surface area contributed by atoms with E-state index in [0.717, 1.165) is 24.4 Å². The van der Waals surface area contributed by atoms with E-state index in [1.54, 1.807) is 13.1 Å². The van der Waals surface area contributed by atoms with Crippen LogP contribution in [0, 0.1) is 5.82 Å². The van der Waals surface area contributed by atoms with Crippen LogP contribution in [-0.2, 0) is 11.3 Å². The summed E-state index contributed by atoms with van der Waals surface area (Å²) >= 11 is 3.15. The van der Waals surface area contributed by atoms with Crippen LogP contribution in [0.1, 0.15) is 24.8 Å². The van der Waals surface area contributed by atoms with Gasteiger partial charge >= 0.3 is 0 Å². The first-order valence-electron chi connectivity index (χ1n) is 7.22. The predicted octanol–water partition coefficient (Wildman–Crippen LogP) is 2.57. The van der Waals surface area contributed by atoms with Crippen LogP contribution in [0.3, 0.4) is 0 Å². The second kappa shape index (κ2) is 6.32. The molecule has 3 rings (SSSR count). The molecule has 2 N–H and O–H groups in total. The van der Waals surface area contributed by atoms with E-state index in [1.165, 1.54) is 12.5 Å². The Bertz CT molecular complexity index is 552. The third kappa shape index (κ3) is 3.37. The second-order valence-electron chi connectivity index (χ2n) is 5.53. The minimum atomic E-state index is -0.251. The molecule has 2 aliphatic rings. The highest BCUT2D eigenvalue weighted by Gasteiger charge is 2.41. The summed E-state index contributed by atoms with van der Waals surface area (Å²) in [6, 6.07) is 5.45. The first-order chi connectivity index (χ1) is 10.2. The second-order valence-corrected chi connectivity index (χ2v) is 6.39. The van der Waals surface area contributed by atoms with Crippen molar-refractivity contribution < 1.29 is 9.13 Å². The number of rotatable bonds is 3. The van der Waals surface area contributed by atoms with Gasteiger partial charge in [-0.2, -0.15) is 0 Å². The molecule has 1 aromatic rings. The summed E-state index contributed by atoms with van der Waals surface area (Å²) in [6.45, 7) is 0.533. The zero-order valence-corrected chi connectivity index (χ0v) is 13.5. The molecule has 21 heavy (non-hydrogen) atoms. The van der Waals surface area contributed by atoms with Crippen LogP contribution in [0.4, 0.5) is 4.39 Å². The number of fused-ring (bicyclic) bond motifs is 2. The lowest BCUT2D eigenvalue weighted by Crippen LogP contribution is -2.47. The van der Waals surface area contributed by atoms with Crippen LogP contribution in [0.25, 0.3) is 0 Å². The van der Waals surface area contributed by atoms with Crippen LogP contribution in [0.5, 0.6) is 0 Å². The Morgan fingerprint density at radius 2 is 2.33 bits per heavy atom. The van der Waals surface area contributed by atoms with Crippen molar-refractivity contribution in [2.24, 2.45) is 4.99 Å². The summed E-state index contributed by atoms with van der Waals surface area (Å²) in [4.78, 5) is 4.23. The summed E-state index contributed by atoms with van der Waals surface area (Å²) in [7, 11) is 1.74. The van der Waals surface area contributed by atoms with Gasteiger partial charge in [0.2, 0.25) is 0 Å². The number of halogens is 2. The normalized spacial score (nSPS) is 28.0. The fourth-order valence-corrected chi connectivity index (χ4v) is 3.24. The molecule has 0 aromatic heterocycles. The Hall–Kier alpha value is -1.14. The first kappa shape index (κ1) is 14.8. The quantitative estimate of drug-likeness (QED) is 0.647. The molecule has 2 fully saturated rings. The highest BCUT2D eigenvalue weighted by atomic mass is 79.9. The van der Waals surface area contributed by atoms with Crippen LogP contribution in [0.2, 0.25) is 0 Å². The van der Waals surface area contributed by atoms with E-state index in [0.29, 0.717) is 29.3 Å². The predicted molar refractivity (Wildman–Crippen MR) is 83.7 cm³/mol. The summed E-state index contributed by atoms with van der Waals surface area (Å²) in [5.74, 6) is 0.484. The minimum absolute atomic E-state index is 0.251. The summed E-state index contributed by atoms with van der Waals surface area (Å²) in [6.07, 6.45) is 4.05. The maximum absolute atomic E-state index is 13.5. The largest absolute Gasteiger partial charge is 0.373 e. The maximum atomic E-state index is 13.5. The Labute approximate surface area is 132 Å². The molecule has 0 aliphatic carbocycles. The van der Waals surface area contributed by atoms with Crippen molar-refractivity contribution in [3.63, 3.8) is 0 Å². The van der Waals surface area contributed by atoms with Crippen LogP contribution in [0.15, 0.2) is 27.7 Å². The molecule has 3 unspecified atom stereocenters. The van der Waals surface area contributed by atoms with E-state index in [2.05, 4.69) is 31.6 Å². The van der Waals surface area contributed by atoms with Crippen molar-refractivity contribution in [2.45, 2.75) is 44.1 Å². The zero-order valence-electron chi connectivity index (χ0n) is 11.9. The molecule has 3 atom stereocenters. The van der Waals surface area contributed by atoms with Gasteiger partial charge in [0.15, 0.2) is 5.96 Å². The van der Waals surface area contributed by atoms with Gasteiger partial charge in [-0.3, -0.25) is 4.99 Å². The molecule has 6 heteroatoms. The third-order valence-electron chi connectivity index (χ3n) is 4.10. The fraction of sp³-hybridized carbons (Fsp3) is 0.533. The zero-order chi connectivity index (χ0) is 14.8. The molecule has 0 saturated carbocycles. The van der Waals surface area contributed by atoms with E-state index >= 15 is 0 Å². The Kier molecular flexibility index (Phi) is 4.45. The molecule has 0 amide bonds. The first-order valence-corrected chi connectivity index (χ1v) is 8.01. The number of nitrogens with zero attached hydrogens (tertiary/aromatic N) is 1. The van der Waals surface area contributed by atoms with E-state index in [9.17, 15) is 4.39 Å². The third-order valence-corrected chi connectivity index (χ3v) is 4.74. The number of aliphatic imine (C=N–C) groups is 1. The monoisotopic (exact) mass is 355 g/mol. The molecule has 4 nitrogen and oxygen atoms in total. The number of nitrogens with one attached hydrogen (secondary N) is 2. The highest BCUT2D eigenvalue weighted by Crippen LogP contribution is 2.34. The van der Waals surface area contributed by atoms with Crippen molar-refractivity contribution in [1.29, 1.82) is 0 Å². The van der Waals surface area contributed by atoms with E-state index in [4.69, 9.17) is 4.74 Å². The molecule has 114 valence electrons. The van der Waals surface area contributed by atoms with Gasteiger partial charge in [0.1, 0.15) is 5.82 Å². The molecular formula is C15H19BrFN3O. The van der Waals surface area contributed by atoms with Gasteiger partial charge in [-0.25, -0.2) is 4.39 Å². The van der Waals surface area contributed by atoms with Gasteiger partial charge in [-0.1, -0.05) is 6.07 Å². The minimum Gasteiger partial charge on any atom is -0.373 e. The average Bonchev–Trinajstić information content (AvgIpc) is 3.09. The number of hydrogen-bond acceptors (Lipinski definition) is 2. The van der Waals surface area contributed by atoms with Crippen molar-refractivity contribution in [1.82, 2.24) is 10.6 Å². The smallest absolute Gasteiger partial charge is 0.191 e. The number of hydrogen-bond donors (Lipinski definition) is 2. The van der Waals surface area contributed by atoms with E-state index < -0.39 is 0 Å². The number of guanidine groups is 1. The van der Waals surface area contributed by atoms with Crippen LogP contribution >= 0.6 is 15.9 Å². The van der Waals surface area contributed by atoms with Crippen LogP contribution < -0.4 is 10.6 Å². The fourth-order valence-electron chi connectivity index (χ4n) is 3.00. The van der Waals surface area contributed by atoms with Crippen molar-refractivity contribution in [2.75, 3.05) is 7.05 Å². The summed E-state index contributed by atoms with van der Waals surface area (Å²) in [5, 5.41) is 6.62. The van der Waals surface area contributed by atoms with Crippen molar-refractivity contribution in [3.8, 4) is 0 Å². The standard InChI is InChI=1S/C15H19BrFN3O/c1-18-15(20-13-7-10-3-5-14(13)21-10)19-8-9-2-4-11(16)12(17)6-9/h2,4,6,10,13-14H,3,5,7-8H2,1H3,(H2,18,19,20). The summed E-state index contributed by atoms with van der Waals surface area (Å²) in [5.41, 5.74) is 0.878. The van der Waals surface area contributed by atoms with E-state index in [-0.39, 0.29) is 5.82 Å². The lowest BCUT2D eigenvalue weighted by Gasteiger charge is -2.22. The Morgan fingerprint density at radius 1 is 1.48 bits per heavy atom. The highest BCUT2D eigenvalue weighted by molar-refractivity contribution is 9.10. The molecule has 2 heterocycles. The SMILES string of the molecule is CN=C(NCc1ccc(Br)c(F)c1)NC1CC2CCC1O2.